The Morgan fingerprint density at radius 3 is 3.05 bits per heavy atom. The van der Waals surface area contributed by atoms with Gasteiger partial charge in [-0.2, -0.15) is 0 Å². The lowest BCUT2D eigenvalue weighted by Crippen LogP contribution is -2.56. The molecule has 0 saturated carbocycles. The molecule has 1 aromatic carbocycles. The standard InChI is InChI=1S/C14H16ClN3OS/c15-13-9-3-1-2-4-11(9)20-12(13)8-18-6-5-17-7-10(18)14(16)19/h1-4,10,17H,5-8H2,(H2,16,19). The summed E-state index contributed by atoms with van der Waals surface area (Å²) in [5.41, 5.74) is 5.47. The third-order valence-electron chi connectivity index (χ3n) is 3.63. The summed E-state index contributed by atoms with van der Waals surface area (Å²) >= 11 is 8.14. The van der Waals surface area contributed by atoms with Crippen molar-refractivity contribution >= 4 is 38.9 Å². The quantitative estimate of drug-likeness (QED) is 0.909. The van der Waals surface area contributed by atoms with Crippen LogP contribution in [0.25, 0.3) is 10.1 Å². The number of nitrogens with two attached hydrogens (primary N) is 1. The van der Waals surface area contributed by atoms with E-state index in [1.165, 1.54) is 4.70 Å². The Hall–Kier alpha value is -1.14. The second kappa shape index (κ2) is 5.69. The number of hydrogen-bond acceptors (Lipinski definition) is 4. The molecule has 20 heavy (non-hydrogen) atoms. The van der Waals surface area contributed by atoms with Gasteiger partial charge in [0.15, 0.2) is 0 Å². The van der Waals surface area contributed by atoms with Gasteiger partial charge in [-0.1, -0.05) is 29.8 Å². The molecule has 0 aliphatic carbocycles. The predicted molar refractivity (Wildman–Crippen MR) is 83.1 cm³/mol. The molecule has 1 saturated heterocycles. The smallest absolute Gasteiger partial charge is 0.236 e. The number of benzene rings is 1. The summed E-state index contributed by atoms with van der Waals surface area (Å²) in [7, 11) is 0. The maximum Gasteiger partial charge on any atom is 0.236 e. The molecule has 1 fully saturated rings. The van der Waals surface area contributed by atoms with E-state index in [-0.39, 0.29) is 11.9 Å². The number of primary amides is 1. The van der Waals surface area contributed by atoms with Gasteiger partial charge in [-0.15, -0.1) is 11.3 Å². The normalized spacial score (nSPS) is 20.4. The van der Waals surface area contributed by atoms with Crippen LogP contribution in [0.1, 0.15) is 4.88 Å². The van der Waals surface area contributed by atoms with E-state index in [0.717, 1.165) is 28.4 Å². The first-order valence-corrected chi connectivity index (χ1v) is 7.76. The van der Waals surface area contributed by atoms with Crippen molar-refractivity contribution in [3.05, 3.63) is 34.2 Å². The monoisotopic (exact) mass is 309 g/mol. The van der Waals surface area contributed by atoms with E-state index in [0.29, 0.717) is 13.1 Å². The van der Waals surface area contributed by atoms with E-state index in [9.17, 15) is 4.79 Å². The Morgan fingerprint density at radius 1 is 1.50 bits per heavy atom. The van der Waals surface area contributed by atoms with Crippen LogP contribution >= 0.6 is 22.9 Å². The van der Waals surface area contributed by atoms with Crippen molar-refractivity contribution in [3.8, 4) is 0 Å². The van der Waals surface area contributed by atoms with Crippen molar-refractivity contribution in [1.29, 1.82) is 0 Å². The molecule has 3 rings (SSSR count). The van der Waals surface area contributed by atoms with Crippen molar-refractivity contribution in [2.75, 3.05) is 19.6 Å². The van der Waals surface area contributed by atoms with Crippen LogP contribution in [0.4, 0.5) is 0 Å². The topological polar surface area (TPSA) is 58.4 Å². The molecule has 4 nitrogen and oxygen atoms in total. The van der Waals surface area contributed by atoms with Crippen LogP contribution in [0.2, 0.25) is 5.02 Å². The van der Waals surface area contributed by atoms with E-state index >= 15 is 0 Å². The first-order chi connectivity index (χ1) is 9.66. The molecule has 2 heterocycles. The van der Waals surface area contributed by atoms with Crippen LogP contribution in [-0.2, 0) is 11.3 Å². The molecule has 2 aromatic rings. The zero-order chi connectivity index (χ0) is 14.1. The molecule has 0 spiro atoms. The van der Waals surface area contributed by atoms with Crippen molar-refractivity contribution in [2.45, 2.75) is 12.6 Å². The molecule has 1 aliphatic heterocycles. The largest absolute Gasteiger partial charge is 0.368 e. The van der Waals surface area contributed by atoms with Gasteiger partial charge in [0.2, 0.25) is 5.91 Å². The van der Waals surface area contributed by atoms with Gasteiger partial charge in [-0.25, -0.2) is 0 Å². The minimum Gasteiger partial charge on any atom is -0.368 e. The number of amides is 1. The van der Waals surface area contributed by atoms with Gasteiger partial charge in [0, 0.05) is 41.1 Å². The van der Waals surface area contributed by atoms with Gasteiger partial charge >= 0.3 is 0 Å². The van der Waals surface area contributed by atoms with Gasteiger partial charge < -0.3 is 11.1 Å². The molecule has 106 valence electrons. The Balaban J connectivity index is 1.88. The lowest BCUT2D eigenvalue weighted by atomic mass is 10.1. The highest BCUT2D eigenvalue weighted by Gasteiger charge is 2.27. The second-order valence-electron chi connectivity index (χ2n) is 4.93. The summed E-state index contributed by atoms with van der Waals surface area (Å²) in [5, 5.41) is 5.08. The number of fused-ring (bicyclic) bond motifs is 1. The van der Waals surface area contributed by atoms with Crippen LogP contribution in [-0.4, -0.2) is 36.5 Å². The highest BCUT2D eigenvalue weighted by atomic mass is 35.5. The van der Waals surface area contributed by atoms with Crippen molar-refractivity contribution in [3.63, 3.8) is 0 Å². The Kier molecular flexibility index (Phi) is 3.94. The Labute approximate surface area is 126 Å². The lowest BCUT2D eigenvalue weighted by molar-refractivity contribution is -0.124. The summed E-state index contributed by atoms with van der Waals surface area (Å²) in [4.78, 5) is 14.7. The van der Waals surface area contributed by atoms with Crippen LogP contribution < -0.4 is 11.1 Å². The molecule has 1 aromatic heterocycles. The summed E-state index contributed by atoms with van der Waals surface area (Å²) in [6, 6.07) is 7.84. The fourth-order valence-corrected chi connectivity index (χ4v) is 4.09. The van der Waals surface area contributed by atoms with E-state index in [1.807, 2.05) is 18.2 Å². The van der Waals surface area contributed by atoms with Gasteiger partial charge in [0.05, 0.1) is 5.02 Å². The van der Waals surface area contributed by atoms with E-state index < -0.39 is 0 Å². The molecule has 1 amide bonds. The van der Waals surface area contributed by atoms with Gasteiger partial charge in [-0.05, 0) is 6.07 Å². The zero-order valence-corrected chi connectivity index (χ0v) is 12.5. The van der Waals surface area contributed by atoms with E-state index in [4.69, 9.17) is 17.3 Å². The molecule has 6 heteroatoms. The van der Waals surface area contributed by atoms with E-state index in [1.54, 1.807) is 11.3 Å². The molecule has 1 aliphatic rings. The molecule has 1 atom stereocenters. The summed E-state index contributed by atoms with van der Waals surface area (Å²) in [6.45, 7) is 2.95. The molecule has 0 bridgehead atoms. The van der Waals surface area contributed by atoms with Gasteiger partial charge in [0.25, 0.3) is 0 Å². The summed E-state index contributed by atoms with van der Waals surface area (Å²) in [6.07, 6.45) is 0. The highest BCUT2D eigenvalue weighted by molar-refractivity contribution is 7.19. The number of piperazine rings is 1. The van der Waals surface area contributed by atoms with Crippen LogP contribution in [0.15, 0.2) is 24.3 Å². The number of halogens is 1. The number of carbonyl (C=O) groups is 1. The highest BCUT2D eigenvalue weighted by Crippen LogP contribution is 2.36. The van der Waals surface area contributed by atoms with Crippen LogP contribution in [0.5, 0.6) is 0 Å². The van der Waals surface area contributed by atoms with E-state index in [2.05, 4.69) is 16.3 Å². The van der Waals surface area contributed by atoms with Crippen LogP contribution in [0.3, 0.4) is 0 Å². The summed E-state index contributed by atoms with van der Waals surface area (Å²) < 4.78 is 1.18. The van der Waals surface area contributed by atoms with Gasteiger partial charge in [0.1, 0.15) is 6.04 Å². The molecule has 0 radical (unpaired) electrons. The maximum absolute atomic E-state index is 11.5. The number of hydrogen-bond donors (Lipinski definition) is 2. The average molecular weight is 310 g/mol. The third-order valence-corrected chi connectivity index (χ3v) is 5.33. The number of carbonyl (C=O) groups excluding carboxylic acids is 1. The van der Waals surface area contributed by atoms with Crippen molar-refractivity contribution < 1.29 is 4.79 Å². The maximum atomic E-state index is 11.5. The minimum atomic E-state index is -0.283. The molecular weight excluding hydrogens is 294 g/mol. The fourth-order valence-electron chi connectivity index (χ4n) is 2.57. The number of nitrogens with zero attached hydrogens (tertiary/aromatic N) is 1. The predicted octanol–water partition coefficient (Wildman–Crippen LogP) is 1.81. The first kappa shape index (κ1) is 13.8. The minimum absolute atomic E-state index is 0.259. The number of rotatable bonds is 3. The molecular formula is C14H16ClN3OS. The lowest BCUT2D eigenvalue weighted by Gasteiger charge is -2.33. The zero-order valence-electron chi connectivity index (χ0n) is 10.9. The Morgan fingerprint density at radius 2 is 2.30 bits per heavy atom. The number of nitrogens with one attached hydrogen (secondary N) is 1. The Bertz CT molecular complexity index is 642. The average Bonchev–Trinajstić information content (AvgIpc) is 2.76. The molecule has 3 N–H and O–H groups in total. The summed E-state index contributed by atoms with van der Waals surface area (Å²) in [5.74, 6) is -0.283. The third kappa shape index (κ3) is 2.54. The van der Waals surface area contributed by atoms with Crippen molar-refractivity contribution in [1.82, 2.24) is 10.2 Å². The van der Waals surface area contributed by atoms with Crippen LogP contribution in [0, 0.1) is 0 Å². The second-order valence-corrected chi connectivity index (χ2v) is 6.44. The van der Waals surface area contributed by atoms with Crippen molar-refractivity contribution in [2.24, 2.45) is 5.73 Å². The SMILES string of the molecule is NC(=O)C1CNCCN1Cc1sc2ccccc2c1Cl. The first-order valence-electron chi connectivity index (χ1n) is 6.57. The molecule has 1 unspecified atom stereocenters. The van der Waals surface area contributed by atoms with Gasteiger partial charge in [-0.3, -0.25) is 9.69 Å². The fraction of sp³-hybridized carbons (Fsp3) is 0.357. The number of thiophene rings is 1.